The molecule has 2 aliphatic rings. The van der Waals surface area contributed by atoms with E-state index in [0.717, 1.165) is 38.3 Å². The van der Waals surface area contributed by atoms with Crippen molar-refractivity contribution in [3.63, 3.8) is 0 Å². The van der Waals surface area contributed by atoms with Gasteiger partial charge < -0.3 is 9.64 Å². The SMILES string of the molecule is CCCC1NC(CC)C(=O)N1CCOCC1CC1. The molecule has 0 aromatic carbocycles. The van der Waals surface area contributed by atoms with Gasteiger partial charge in [-0.1, -0.05) is 20.3 Å². The van der Waals surface area contributed by atoms with Gasteiger partial charge in [-0.3, -0.25) is 10.1 Å². The van der Waals surface area contributed by atoms with E-state index in [1.807, 2.05) is 4.90 Å². The van der Waals surface area contributed by atoms with Crippen molar-refractivity contribution in [2.75, 3.05) is 19.8 Å². The molecule has 0 spiro atoms. The van der Waals surface area contributed by atoms with Crippen molar-refractivity contribution in [3.05, 3.63) is 0 Å². The molecule has 4 heteroatoms. The molecule has 1 heterocycles. The van der Waals surface area contributed by atoms with Crippen molar-refractivity contribution in [3.8, 4) is 0 Å². The van der Waals surface area contributed by atoms with Gasteiger partial charge in [-0.15, -0.1) is 0 Å². The molecule has 18 heavy (non-hydrogen) atoms. The average Bonchev–Trinajstić information content (AvgIpc) is 3.14. The average molecular weight is 254 g/mol. The van der Waals surface area contributed by atoms with E-state index < -0.39 is 0 Å². The molecule has 1 aliphatic heterocycles. The van der Waals surface area contributed by atoms with E-state index in [9.17, 15) is 4.79 Å². The van der Waals surface area contributed by atoms with E-state index in [0.29, 0.717) is 6.61 Å². The first kappa shape index (κ1) is 13.8. The molecular formula is C14H26N2O2. The van der Waals surface area contributed by atoms with Gasteiger partial charge in [0.25, 0.3) is 0 Å². The van der Waals surface area contributed by atoms with Crippen LogP contribution < -0.4 is 5.32 Å². The predicted molar refractivity (Wildman–Crippen MR) is 71.2 cm³/mol. The highest BCUT2D eigenvalue weighted by molar-refractivity contribution is 5.84. The summed E-state index contributed by atoms with van der Waals surface area (Å²) in [5.74, 6) is 1.05. The molecule has 1 aliphatic carbocycles. The molecule has 1 saturated heterocycles. The van der Waals surface area contributed by atoms with Gasteiger partial charge in [-0.2, -0.15) is 0 Å². The fourth-order valence-corrected chi connectivity index (χ4v) is 2.52. The van der Waals surface area contributed by atoms with Gasteiger partial charge in [-0.25, -0.2) is 0 Å². The van der Waals surface area contributed by atoms with Crippen molar-refractivity contribution in [1.29, 1.82) is 0 Å². The molecule has 2 rings (SSSR count). The van der Waals surface area contributed by atoms with E-state index in [-0.39, 0.29) is 18.1 Å². The largest absolute Gasteiger partial charge is 0.379 e. The molecule has 1 amide bonds. The lowest BCUT2D eigenvalue weighted by atomic mass is 10.2. The van der Waals surface area contributed by atoms with E-state index in [1.165, 1.54) is 12.8 Å². The van der Waals surface area contributed by atoms with Crippen molar-refractivity contribution in [2.45, 2.75) is 58.2 Å². The molecule has 0 aromatic rings. The number of amides is 1. The van der Waals surface area contributed by atoms with Crippen LogP contribution in [0, 0.1) is 5.92 Å². The van der Waals surface area contributed by atoms with Crippen LogP contribution in [0.1, 0.15) is 46.0 Å². The van der Waals surface area contributed by atoms with Gasteiger partial charge in [0.2, 0.25) is 5.91 Å². The third kappa shape index (κ3) is 3.45. The highest BCUT2D eigenvalue weighted by Gasteiger charge is 2.36. The Bertz CT molecular complexity index is 279. The number of nitrogens with zero attached hydrogens (tertiary/aromatic N) is 1. The molecule has 2 atom stereocenters. The Morgan fingerprint density at radius 2 is 2.17 bits per heavy atom. The highest BCUT2D eigenvalue weighted by atomic mass is 16.5. The van der Waals surface area contributed by atoms with Gasteiger partial charge in [-0.05, 0) is 31.6 Å². The third-order valence-corrected chi connectivity index (χ3v) is 3.85. The highest BCUT2D eigenvalue weighted by Crippen LogP contribution is 2.28. The number of hydrogen-bond acceptors (Lipinski definition) is 3. The van der Waals surface area contributed by atoms with Crippen LogP contribution >= 0.6 is 0 Å². The number of nitrogens with one attached hydrogen (secondary N) is 1. The summed E-state index contributed by atoms with van der Waals surface area (Å²) in [5, 5.41) is 3.42. The molecule has 4 nitrogen and oxygen atoms in total. The summed E-state index contributed by atoms with van der Waals surface area (Å²) in [6, 6.07) is 0.0185. The van der Waals surface area contributed by atoms with Gasteiger partial charge in [0.1, 0.15) is 0 Å². The lowest BCUT2D eigenvalue weighted by Gasteiger charge is -2.23. The quantitative estimate of drug-likeness (QED) is 0.671. The van der Waals surface area contributed by atoms with Gasteiger partial charge in [0.15, 0.2) is 0 Å². The molecule has 104 valence electrons. The fourth-order valence-electron chi connectivity index (χ4n) is 2.52. The first-order valence-electron chi connectivity index (χ1n) is 7.40. The Morgan fingerprint density at radius 3 is 2.78 bits per heavy atom. The van der Waals surface area contributed by atoms with Crippen LogP contribution in [0.5, 0.6) is 0 Å². The first-order chi connectivity index (χ1) is 8.76. The number of rotatable bonds is 8. The van der Waals surface area contributed by atoms with Crippen LogP contribution in [-0.4, -0.2) is 42.8 Å². The minimum Gasteiger partial charge on any atom is -0.379 e. The van der Waals surface area contributed by atoms with Crippen molar-refractivity contribution in [1.82, 2.24) is 10.2 Å². The van der Waals surface area contributed by atoms with Crippen LogP contribution in [0.25, 0.3) is 0 Å². The maximum Gasteiger partial charge on any atom is 0.241 e. The Hall–Kier alpha value is -0.610. The van der Waals surface area contributed by atoms with Gasteiger partial charge in [0, 0.05) is 13.2 Å². The minimum absolute atomic E-state index is 0.0185. The third-order valence-electron chi connectivity index (χ3n) is 3.85. The molecule has 0 radical (unpaired) electrons. The zero-order chi connectivity index (χ0) is 13.0. The fraction of sp³-hybridized carbons (Fsp3) is 0.929. The molecule has 1 saturated carbocycles. The number of hydrogen-bond donors (Lipinski definition) is 1. The number of carbonyl (C=O) groups excluding carboxylic acids is 1. The molecule has 2 fully saturated rings. The summed E-state index contributed by atoms with van der Waals surface area (Å²) >= 11 is 0. The Morgan fingerprint density at radius 1 is 1.39 bits per heavy atom. The van der Waals surface area contributed by atoms with Crippen LogP contribution in [0.15, 0.2) is 0 Å². The monoisotopic (exact) mass is 254 g/mol. The lowest BCUT2D eigenvalue weighted by Crippen LogP contribution is -2.39. The first-order valence-corrected chi connectivity index (χ1v) is 7.40. The van der Waals surface area contributed by atoms with Gasteiger partial charge in [0.05, 0.1) is 18.8 Å². The van der Waals surface area contributed by atoms with E-state index in [4.69, 9.17) is 4.74 Å². The maximum absolute atomic E-state index is 12.2. The van der Waals surface area contributed by atoms with Crippen molar-refractivity contribution in [2.24, 2.45) is 5.92 Å². The summed E-state index contributed by atoms with van der Waals surface area (Å²) in [6.07, 6.45) is 5.86. The zero-order valence-electron chi connectivity index (χ0n) is 11.7. The molecule has 1 N–H and O–H groups in total. The lowest BCUT2D eigenvalue weighted by molar-refractivity contribution is -0.130. The summed E-state index contributed by atoms with van der Waals surface area (Å²) in [5.41, 5.74) is 0. The van der Waals surface area contributed by atoms with Crippen molar-refractivity contribution < 1.29 is 9.53 Å². The minimum atomic E-state index is 0.0185. The zero-order valence-corrected chi connectivity index (χ0v) is 11.7. The standard InChI is InChI=1S/C14H26N2O2/c1-3-5-13-15-12(4-2)14(17)16(13)8-9-18-10-11-6-7-11/h11-13,15H,3-10H2,1-2H3. The normalized spacial score (nSPS) is 28.1. The second-order valence-corrected chi connectivity index (χ2v) is 5.48. The van der Waals surface area contributed by atoms with Crippen LogP contribution in [0.4, 0.5) is 0 Å². The van der Waals surface area contributed by atoms with Crippen LogP contribution in [0.2, 0.25) is 0 Å². The molecule has 0 bridgehead atoms. The Balaban J connectivity index is 1.76. The van der Waals surface area contributed by atoms with E-state index in [1.54, 1.807) is 0 Å². The van der Waals surface area contributed by atoms with E-state index in [2.05, 4.69) is 19.2 Å². The van der Waals surface area contributed by atoms with Crippen LogP contribution in [-0.2, 0) is 9.53 Å². The summed E-state index contributed by atoms with van der Waals surface area (Å²) in [4.78, 5) is 14.1. The molecular weight excluding hydrogens is 228 g/mol. The second kappa shape index (κ2) is 6.53. The van der Waals surface area contributed by atoms with Gasteiger partial charge >= 0.3 is 0 Å². The van der Waals surface area contributed by atoms with Crippen LogP contribution in [0.3, 0.4) is 0 Å². The molecule has 2 unspecified atom stereocenters. The summed E-state index contributed by atoms with van der Waals surface area (Å²) in [7, 11) is 0. The summed E-state index contributed by atoms with van der Waals surface area (Å²) in [6.45, 7) is 6.52. The topological polar surface area (TPSA) is 41.6 Å². The predicted octanol–water partition coefficient (Wildman–Crippen LogP) is 1.75. The summed E-state index contributed by atoms with van der Waals surface area (Å²) < 4.78 is 5.64. The number of ether oxygens (including phenoxy) is 1. The smallest absolute Gasteiger partial charge is 0.241 e. The maximum atomic E-state index is 12.2. The number of carbonyl (C=O) groups is 1. The van der Waals surface area contributed by atoms with E-state index >= 15 is 0 Å². The Labute approximate surface area is 110 Å². The second-order valence-electron chi connectivity index (χ2n) is 5.48. The Kier molecular flexibility index (Phi) is 5.01. The van der Waals surface area contributed by atoms with Crippen molar-refractivity contribution >= 4 is 5.91 Å². The molecule has 0 aromatic heterocycles.